The predicted octanol–water partition coefficient (Wildman–Crippen LogP) is 1.21. The molecule has 0 aromatic heterocycles. The van der Waals surface area contributed by atoms with E-state index in [4.69, 9.17) is 9.84 Å². The predicted molar refractivity (Wildman–Crippen MR) is 70.6 cm³/mol. The third-order valence-corrected chi connectivity index (χ3v) is 2.82. The van der Waals surface area contributed by atoms with Crippen molar-refractivity contribution in [1.29, 1.82) is 0 Å². The van der Waals surface area contributed by atoms with Crippen LogP contribution >= 0.6 is 0 Å². The van der Waals surface area contributed by atoms with Gasteiger partial charge in [-0.3, -0.25) is 4.79 Å². The first-order valence-corrected chi connectivity index (χ1v) is 6.72. The Bertz CT molecular complexity index is 223. The molecule has 0 amide bonds. The van der Waals surface area contributed by atoms with E-state index in [1.165, 1.54) is 0 Å². The van der Waals surface area contributed by atoms with E-state index in [2.05, 4.69) is 6.92 Å². The van der Waals surface area contributed by atoms with Crippen molar-refractivity contribution in [2.75, 3.05) is 32.8 Å². The zero-order chi connectivity index (χ0) is 14.0. The van der Waals surface area contributed by atoms with Crippen LogP contribution in [0, 0.1) is 5.92 Å². The number of rotatable bonds is 11. The summed E-state index contributed by atoms with van der Waals surface area (Å²) in [6.45, 7) is 8.35. The first kappa shape index (κ1) is 17.4. The third kappa shape index (κ3) is 8.44. The molecule has 0 aromatic rings. The van der Waals surface area contributed by atoms with E-state index in [1.807, 2.05) is 11.8 Å². The summed E-state index contributed by atoms with van der Waals surface area (Å²) >= 11 is 0. The second-order valence-corrected chi connectivity index (χ2v) is 4.67. The van der Waals surface area contributed by atoms with Gasteiger partial charge in [-0.25, -0.2) is 0 Å². The Hall–Kier alpha value is -0.650. The highest BCUT2D eigenvalue weighted by Crippen LogP contribution is 2.02. The molecule has 5 nitrogen and oxygen atoms in total. The lowest BCUT2D eigenvalue weighted by Gasteiger charge is -2.25. The zero-order valence-corrected chi connectivity index (χ0v) is 11.8. The fourth-order valence-corrected chi connectivity index (χ4v) is 1.61. The van der Waals surface area contributed by atoms with Crippen LogP contribution in [0.3, 0.4) is 0 Å². The highest BCUT2D eigenvalue weighted by Gasteiger charge is 2.17. The van der Waals surface area contributed by atoms with Crippen molar-refractivity contribution in [3.63, 3.8) is 0 Å². The molecular weight excluding hydrogens is 234 g/mol. The summed E-state index contributed by atoms with van der Waals surface area (Å²) < 4.78 is 5.34. The Balaban J connectivity index is 3.85. The number of ether oxygens (including phenoxy) is 1. The summed E-state index contributed by atoms with van der Waals surface area (Å²) in [7, 11) is 0. The summed E-state index contributed by atoms with van der Waals surface area (Å²) in [6, 6.07) is 0. The van der Waals surface area contributed by atoms with Crippen molar-refractivity contribution < 1.29 is 19.7 Å². The molecule has 5 heteroatoms. The molecule has 108 valence electrons. The van der Waals surface area contributed by atoms with Gasteiger partial charge in [-0.05, 0) is 13.0 Å². The lowest BCUT2D eigenvalue weighted by molar-refractivity contribution is -0.141. The van der Waals surface area contributed by atoms with Gasteiger partial charge in [-0.15, -0.1) is 0 Å². The van der Waals surface area contributed by atoms with Crippen LogP contribution in [0.2, 0.25) is 0 Å². The number of carbonyl (C=O) groups is 1. The minimum Gasteiger partial charge on any atom is -0.481 e. The Morgan fingerprint density at radius 1 is 1.33 bits per heavy atom. The molecule has 18 heavy (non-hydrogen) atoms. The van der Waals surface area contributed by atoms with Crippen LogP contribution < -0.4 is 0 Å². The first-order chi connectivity index (χ1) is 8.51. The maximum Gasteiger partial charge on any atom is 0.307 e. The van der Waals surface area contributed by atoms with Gasteiger partial charge in [0, 0.05) is 19.7 Å². The van der Waals surface area contributed by atoms with Crippen molar-refractivity contribution in [2.24, 2.45) is 5.92 Å². The van der Waals surface area contributed by atoms with Crippen molar-refractivity contribution in [2.45, 2.75) is 39.7 Å². The van der Waals surface area contributed by atoms with Crippen molar-refractivity contribution in [3.8, 4) is 0 Å². The molecule has 0 spiro atoms. The van der Waals surface area contributed by atoms with Gasteiger partial charge in [-0.1, -0.05) is 27.2 Å². The van der Waals surface area contributed by atoms with Gasteiger partial charge < -0.3 is 19.8 Å². The largest absolute Gasteiger partial charge is 0.481 e. The molecule has 2 unspecified atom stereocenters. The highest BCUT2D eigenvalue weighted by molar-refractivity contribution is 5.69. The van der Waals surface area contributed by atoms with Crippen LogP contribution in [-0.4, -0.2) is 60.0 Å². The quantitative estimate of drug-likeness (QED) is 0.547. The Kier molecular flexibility index (Phi) is 9.92. The summed E-state index contributed by atoms with van der Waals surface area (Å²) in [4.78, 5) is 12.7. The normalized spacial score (nSPS) is 14.7. The van der Waals surface area contributed by atoms with Crippen LogP contribution in [0.25, 0.3) is 0 Å². The SMILES string of the molecule is CCCCOCC(O)CN(CC)CC(C)C(=O)O. The summed E-state index contributed by atoms with van der Waals surface area (Å²) in [5, 5.41) is 18.6. The van der Waals surface area contributed by atoms with Crippen LogP contribution in [0.1, 0.15) is 33.6 Å². The number of aliphatic hydroxyl groups excluding tert-OH is 1. The topological polar surface area (TPSA) is 70.0 Å². The number of likely N-dealkylation sites (N-methyl/N-ethyl adjacent to an activating group) is 1. The smallest absolute Gasteiger partial charge is 0.307 e. The monoisotopic (exact) mass is 261 g/mol. The second kappa shape index (κ2) is 10.3. The number of aliphatic carboxylic acids is 1. The first-order valence-electron chi connectivity index (χ1n) is 6.72. The average Bonchev–Trinajstić information content (AvgIpc) is 2.33. The summed E-state index contributed by atoms with van der Waals surface area (Å²) in [6.07, 6.45) is 1.52. The van der Waals surface area contributed by atoms with Crippen LogP contribution in [0.15, 0.2) is 0 Å². The standard InChI is InChI=1S/C13H27NO4/c1-4-6-7-18-10-12(15)9-14(5-2)8-11(3)13(16)17/h11-12,15H,4-10H2,1-3H3,(H,16,17). The summed E-state index contributed by atoms with van der Waals surface area (Å²) in [5.41, 5.74) is 0. The second-order valence-electron chi connectivity index (χ2n) is 4.67. The minimum atomic E-state index is -0.804. The van der Waals surface area contributed by atoms with Gasteiger partial charge in [0.05, 0.1) is 18.6 Å². The molecule has 0 aromatic carbocycles. The van der Waals surface area contributed by atoms with Gasteiger partial charge in [0.2, 0.25) is 0 Å². The average molecular weight is 261 g/mol. The Labute approximate surface area is 110 Å². The maximum atomic E-state index is 10.8. The molecule has 0 bridgehead atoms. The van der Waals surface area contributed by atoms with Crippen LogP contribution in [-0.2, 0) is 9.53 Å². The molecule has 2 N–H and O–H groups in total. The van der Waals surface area contributed by atoms with Gasteiger partial charge in [0.25, 0.3) is 0 Å². The van der Waals surface area contributed by atoms with Gasteiger partial charge >= 0.3 is 5.97 Å². The van der Waals surface area contributed by atoms with E-state index in [0.29, 0.717) is 26.3 Å². The van der Waals surface area contributed by atoms with Crippen molar-refractivity contribution in [1.82, 2.24) is 4.90 Å². The molecule has 0 rings (SSSR count). The van der Waals surface area contributed by atoms with Gasteiger partial charge in [-0.2, -0.15) is 0 Å². The fourth-order valence-electron chi connectivity index (χ4n) is 1.61. The highest BCUT2D eigenvalue weighted by atomic mass is 16.5. The molecule has 0 saturated carbocycles. The number of hydrogen-bond acceptors (Lipinski definition) is 4. The molecule has 0 aliphatic heterocycles. The maximum absolute atomic E-state index is 10.8. The minimum absolute atomic E-state index is 0.317. The van der Waals surface area contributed by atoms with E-state index in [9.17, 15) is 9.90 Å². The molecule has 0 aliphatic rings. The van der Waals surface area contributed by atoms with E-state index in [0.717, 1.165) is 19.4 Å². The Morgan fingerprint density at radius 2 is 2.00 bits per heavy atom. The van der Waals surface area contributed by atoms with E-state index < -0.39 is 18.0 Å². The van der Waals surface area contributed by atoms with Gasteiger partial charge in [0.1, 0.15) is 0 Å². The molecule has 0 fully saturated rings. The number of nitrogens with zero attached hydrogens (tertiary/aromatic N) is 1. The molecular formula is C13H27NO4. The van der Waals surface area contributed by atoms with E-state index in [-0.39, 0.29) is 0 Å². The molecule has 2 atom stereocenters. The summed E-state index contributed by atoms with van der Waals surface area (Å²) in [5.74, 6) is -1.22. The number of unbranched alkanes of at least 4 members (excludes halogenated alkanes) is 1. The van der Waals surface area contributed by atoms with E-state index >= 15 is 0 Å². The van der Waals surface area contributed by atoms with Crippen molar-refractivity contribution >= 4 is 5.97 Å². The van der Waals surface area contributed by atoms with E-state index in [1.54, 1.807) is 6.92 Å². The lowest BCUT2D eigenvalue weighted by atomic mass is 10.1. The molecule has 0 aliphatic carbocycles. The number of carboxylic acid groups (broad SMARTS) is 1. The van der Waals surface area contributed by atoms with Gasteiger partial charge in [0.15, 0.2) is 0 Å². The molecule has 0 radical (unpaired) electrons. The lowest BCUT2D eigenvalue weighted by Crippen LogP contribution is -2.39. The van der Waals surface area contributed by atoms with Crippen LogP contribution in [0.4, 0.5) is 0 Å². The third-order valence-electron chi connectivity index (χ3n) is 2.82. The van der Waals surface area contributed by atoms with Crippen molar-refractivity contribution in [3.05, 3.63) is 0 Å². The molecule has 0 heterocycles. The number of carboxylic acids is 1. The zero-order valence-electron chi connectivity index (χ0n) is 11.8. The number of hydrogen-bond donors (Lipinski definition) is 2. The Morgan fingerprint density at radius 3 is 2.50 bits per heavy atom. The van der Waals surface area contributed by atoms with Crippen LogP contribution in [0.5, 0.6) is 0 Å². The fraction of sp³-hybridized carbons (Fsp3) is 0.923. The molecule has 0 saturated heterocycles. The number of aliphatic hydroxyl groups is 1.